The van der Waals surface area contributed by atoms with Crippen molar-refractivity contribution in [3.05, 3.63) is 60.1 Å². The fraction of sp³-hybridized carbons (Fsp3) is 0.133. The van der Waals surface area contributed by atoms with Crippen molar-refractivity contribution in [2.75, 3.05) is 0 Å². The first-order valence-corrected chi connectivity index (χ1v) is 6.37. The molecule has 0 saturated heterocycles. The topological polar surface area (TPSA) is 83.7 Å². The standard InChI is InChI=1S/C15H15N3O3/c1-11(12-6-3-2-4-7-12)17-18-15(20)14(19)16-10-13-8-5-9-21-13/h2-9H,10H2,1H3,(H,16,19)(H,18,20)/b17-11-. The van der Waals surface area contributed by atoms with Crippen LogP contribution in [-0.2, 0) is 16.1 Å². The first kappa shape index (κ1) is 14.5. The predicted octanol–water partition coefficient (Wildman–Crippen LogP) is 1.44. The number of nitrogens with one attached hydrogen (secondary N) is 2. The maximum atomic E-state index is 11.6. The summed E-state index contributed by atoms with van der Waals surface area (Å²) in [6.45, 7) is 1.90. The molecule has 2 amide bonds. The lowest BCUT2D eigenvalue weighted by atomic mass is 10.1. The van der Waals surface area contributed by atoms with Crippen LogP contribution in [0.25, 0.3) is 0 Å². The predicted molar refractivity (Wildman–Crippen MR) is 77.4 cm³/mol. The van der Waals surface area contributed by atoms with E-state index in [2.05, 4.69) is 15.8 Å². The molecule has 0 aliphatic rings. The van der Waals surface area contributed by atoms with Crippen molar-refractivity contribution in [3.8, 4) is 0 Å². The average Bonchev–Trinajstić information content (AvgIpc) is 3.04. The highest BCUT2D eigenvalue weighted by Crippen LogP contribution is 2.00. The molecule has 108 valence electrons. The van der Waals surface area contributed by atoms with E-state index < -0.39 is 11.8 Å². The fourth-order valence-electron chi connectivity index (χ4n) is 1.59. The van der Waals surface area contributed by atoms with Crippen LogP contribution >= 0.6 is 0 Å². The van der Waals surface area contributed by atoms with Gasteiger partial charge >= 0.3 is 11.8 Å². The molecule has 21 heavy (non-hydrogen) atoms. The summed E-state index contributed by atoms with van der Waals surface area (Å²) in [6.07, 6.45) is 1.50. The summed E-state index contributed by atoms with van der Waals surface area (Å²) >= 11 is 0. The number of amides is 2. The van der Waals surface area contributed by atoms with Crippen molar-refractivity contribution in [1.29, 1.82) is 0 Å². The maximum Gasteiger partial charge on any atom is 0.329 e. The van der Waals surface area contributed by atoms with Crippen LogP contribution in [0.3, 0.4) is 0 Å². The molecule has 0 bridgehead atoms. The third-order valence-corrected chi connectivity index (χ3v) is 2.73. The Labute approximate surface area is 121 Å². The average molecular weight is 285 g/mol. The van der Waals surface area contributed by atoms with Gasteiger partial charge in [0.2, 0.25) is 0 Å². The van der Waals surface area contributed by atoms with E-state index in [0.29, 0.717) is 11.5 Å². The minimum absolute atomic E-state index is 0.153. The molecule has 0 aliphatic carbocycles. The minimum atomic E-state index is -0.822. The highest BCUT2D eigenvalue weighted by atomic mass is 16.3. The molecule has 1 aromatic carbocycles. The summed E-state index contributed by atoms with van der Waals surface area (Å²) in [6, 6.07) is 12.8. The first-order chi connectivity index (χ1) is 10.2. The van der Waals surface area contributed by atoms with Gasteiger partial charge in [-0.3, -0.25) is 9.59 Å². The normalized spacial score (nSPS) is 11.0. The van der Waals surface area contributed by atoms with Gasteiger partial charge in [-0.1, -0.05) is 30.3 Å². The van der Waals surface area contributed by atoms with Gasteiger partial charge in [-0.25, -0.2) is 5.43 Å². The van der Waals surface area contributed by atoms with E-state index in [1.54, 1.807) is 19.1 Å². The number of furan rings is 1. The van der Waals surface area contributed by atoms with Gasteiger partial charge in [-0.2, -0.15) is 5.10 Å². The smallest absolute Gasteiger partial charge is 0.329 e. The largest absolute Gasteiger partial charge is 0.467 e. The fourth-order valence-corrected chi connectivity index (χ4v) is 1.59. The van der Waals surface area contributed by atoms with Crippen LogP contribution in [0, 0.1) is 0 Å². The Morgan fingerprint density at radius 2 is 1.86 bits per heavy atom. The quantitative estimate of drug-likeness (QED) is 0.506. The summed E-state index contributed by atoms with van der Waals surface area (Å²) in [7, 11) is 0. The Kier molecular flexibility index (Phi) is 4.87. The zero-order chi connectivity index (χ0) is 15.1. The monoisotopic (exact) mass is 285 g/mol. The van der Waals surface area contributed by atoms with E-state index in [4.69, 9.17) is 4.42 Å². The third kappa shape index (κ3) is 4.31. The van der Waals surface area contributed by atoms with Gasteiger partial charge in [0.05, 0.1) is 18.5 Å². The molecule has 0 saturated carbocycles. The second-order valence-corrected chi connectivity index (χ2v) is 4.27. The number of rotatable bonds is 4. The second-order valence-electron chi connectivity index (χ2n) is 4.27. The van der Waals surface area contributed by atoms with E-state index in [0.717, 1.165) is 5.56 Å². The number of carbonyl (C=O) groups excluding carboxylic acids is 2. The molecule has 2 aromatic rings. The molecule has 2 rings (SSSR count). The molecular formula is C15H15N3O3. The van der Waals surface area contributed by atoms with Crippen LogP contribution in [-0.4, -0.2) is 17.5 Å². The van der Waals surface area contributed by atoms with Crippen molar-refractivity contribution in [3.63, 3.8) is 0 Å². The van der Waals surface area contributed by atoms with Crippen LogP contribution in [0.2, 0.25) is 0 Å². The van der Waals surface area contributed by atoms with Crippen LogP contribution in [0.15, 0.2) is 58.2 Å². The Hall–Kier alpha value is -2.89. The first-order valence-electron chi connectivity index (χ1n) is 6.37. The number of benzene rings is 1. The van der Waals surface area contributed by atoms with Gasteiger partial charge in [-0.05, 0) is 24.6 Å². The number of carbonyl (C=O) groups is 2. The van der Waals surface area contributed by atoms with Crippen LogP contribution in [0.1, 0.15) is 18.2 Å². The minimum Gasteiger partial charge on any atom is -0.467 e. The summed E-state index contributed by atoms with van der Waals surface area (Å²) in [5.41, 5.74) is 3.70. The van der Waals surface area contributed by atoms with Crippen LogP contribution in [0.4, 0.5) is 0 Å². The molecule has 0 radical (unpaired) electrons. The Morgan fingerprint density at radius 1 is 1.10 bits per heavy atom. The van der Waals surface area contributed by atoms with Gasteiger partial charge < -0.3 is 9.73 Å². The van der Waals surface area contributed by atoms with Crippen molar-refractivity contribution < 1.29 is 14.0 Å². The highest BCUT2D eigenvalue weighted by Gasteiger charge is 2.12. The summed E-state index contributed by atoms with van der Waals surface area (Å²) in [5.74, 6) is -1.02. The highest BCUT2D eigenvalue weighted by molar-refractivity contribution is 6.35. The zero-order valence-corrected chi connectivity index (χ0v) is 11.5. The Balaban J connectivity index is 1.85. The van der Waals surface area contributed by atoms with Gasteiger partial charge in [0, 0.05) is 0 Å². The number of hydrogen-bond donors (Lipinski definition) is 2. The molecule has 0 unspecified atom stereocenters. The zero-order valence-electron chi connectivity index (χ0n) is 11.5. The maximum absolute atomic E-state index is 11.6. The van der Waals surface area contributed by atoms with E-state index in [-0.39, 0.29) is 6.54 Å². The second kappa shape index (κ2) is 7.04. The molecule has 2 N–H and O–H groups in total. The van der Waals surface area contributed by atoms with E-state index in [1.807, 2.05) is 30.3 Å². The third-order valence-electron chi connectivity index (χ3n) is 2.73. The van der Waals surface area contributed by atoms with Crippen LogP contribution in [0.5, 0.6) is 0 Å². The Morgan fingerprint density at radius 3 is 2.52 bits per heavy atom. The van der Waals surface area contributed by atoms with Gasteiger partial charge in [-0.15, -0.1) is 0 Å². The van der Waals surface area contributed by atoms with E-state index >= 15 is 0 Å². The van der Waals surface area contributed by atoms with Crippen molar-refractivity contribution >= 4 is 17.5 Å². The molecule has 0 spiro atoms. The Bertz CT molecular complexity index is 633. The number of hydrazone groups is 1. The van der Waals surface area contributed by atoms with Crippen molar-refractivity contribution in [1.82, 2.24) is 10.7 Å². The van der Waals surface area contributed by atoms with Gasteiger partial charge in [0.1, 0.15) is 5.76 Å². The van der Waals surface area contributed by atoms with E-state index in [1.165, 1.54) is 6.26 Å². The lowest BCUT2D eigenvalue weighted by Crippen LogP contribution is -2.37. The summed E-state index contributed by atoms with van der Waals surface area (Å²) in [4.78, 5) is 23.1. The molecule has 6 nitrogen and oxygen atoms in total. The molecule has 0 atom stereocenters. The molecular weight excluding hydrogens is 270 g/mol. The molecule has 1 heterocycles. The number of hydrogen-bond acceptors (Lipinski definition) is 4. The van der Waals surface area contributed by atoms with Crippen molar-refractivity contribution in [2.45, 2.75) is 13.5 Å². The molecule has 6 heteroatoms. The molecule has 0 aliphatic heterocycles. The van der Waals surface area contributed by atoms with E-state index in [9.17, 15) is 9.59 Å². The molecule has 0 fully saturated rings. The van der Waals surface area contributed by atoms with Gasteiger partial charge in [0.15, 0.2) is 0 Å². The lowest BCUT2D eigenvalue weighted by Gasteiger charge is -2.03. The van der Waals surface area contributed by atoms with Gasteiger partial charge in [0.25, 0.3) is 0 Å². The van der Waals surface area contributed by atoms with Crippen molar-refractivity contribution in [2.24, 2.45) is 5.10 Å². The molecule has 1 aromatic heterocycles. The van der Waals surface area contributed by atoms with Crippen LogP contribution < -0.4 is 10.7 Å². The summed E-state index contributed by atoms with van der Waals surface area (Å²) < 4.78 is 5.05. The number of nitrogens with zero attached hydrogens (tertiary/aromatic N) is 1. The lowest BCUT2D eigenvalue weighted by molar-refractivity contribution is -0.139. The SMILES string of the molecule is C/C(=N/NC(=O)C(=O)NCc1ccco1)c1ccccc1. The summed E-state index contributed by atoms with van der Waals surface area (Å²) in [5, 5.41) is 6.33.